The van der Waals surface area contributed by atoms with Crippen LogP contribution in [0.4, 0.5) is 10.5 Å². The Morgan fingerprint density at radius 3 is 2.60 bits per heavy atom. The molecule has 2 aromatic heterocycles. The van der Waals surface area contributed by atoms with E-state index < -0.39 is 30.6 Å². The molecular formula is C24H21N3O7S. The van der Waals surface area contributed by atoms with Crippen molar-refractivity contribution in [1.82, 2.24) is 10.6 Å². The largest absolute Gasteiger partial charge is 0.467 e. The zero-order chi connectivity index (χ0) is 24.8. The van der Waals surface area contributed by atoms with Crippen molar-refractivity contribution in [1.29, 1.82) is 0 Å². The Morgan fingerprint density at radius 1 is 1.06 bits per heavy atom. The standard InChI is InChI=1S/C24H21N3O7S/c1-2-32-23(30)19-16(26-24(31)27-20(19)17-9-5-11-33-17)13-34-22(29)14-7-3-4-8-15(14)25-21(28)18-10-6-12-35-18/h3-12,20H,2,13H2,1H3,(H,25,28)(H2,26,27,31). The summed E-state index contributed by atoms with van der Waals surface area (Å²) in [6.45, 7) is 1.33. The molecule has 3 N–H and O–H groups in total. The fourth-order valence-corrected chi connectivity index (χ4v) is 4.05. The highest BCUT2D eigenvalue weighted by molar-refractivity contribution is 7.12. The van der Waals surface area contributed by atoms with Crippen LogP contribution in [0.15, 0.2) is 75.9 Å². The quantitative estimate of drug-likeness (QED) is 0.406. The minimum Gasteiger partial charge on any atom is -0.467 e. The summed E-state index contributed by atoms with van der Waals surface area (Å²) in [5.74, 6) is -1.51. The van der Waals surface area contributed by atoms with Gasteiger partial charge in [-0.15, -0.1) is 11.3 Å². The second kappa shape index (κ2) is 10.7. The van der Waals surface area contributed by atoms with Crippen molar-refractivity contribution in [3.8, 4) is 0 Å². The molecule has 0 spiro atoms. The fourth-order valence-electron chi connectivity index (χ4n) is 3.43. The van der Waals surface area contributed by atoms with Gasteiger partial charge >= 0.3 is 18.0 Å². The summed E-state index contributed by atoms with van der Waals surface area (Å²) in [5.41, 5.74) is 0.479. The summed E-state index contributed by atoms with van der Waals surface area (Å²) < 4.78 is 15.9. The predicted molar refractivity (Wildman–Crippen MR) is 126 cm³/mol. The molecule has 1 unspecified atom stereocenters. The Labute approximate surface area is 203 Å². The molecule has 11 heteroatoms. The van der Waals surface area contributed by atoms with Crippen molar-refractivity contribution in [3.05, 3.63) is 87.6 Å². The average molecular weight is 496 g/mol. The lowest BCUT2D eigenvalue weighted by Gasteiger charge is -2.27. The smallest absolute Gasteiger partial charge is 0.340 e. The van der Waals surface area contributed by atoms with Crippen LogP contribution in [0.25, 0.3) is 0 Å². The van der Waals surface area contributed by atoms with Crippen LogP contribution in [-0.4, -0.2) is 37.1 Å². The number of rotatable bonds is 8. The summed E-state index contributed by atoms with van der Waals surface area (Å²) in [4.78, 5) is 50.8. The van der Waals surface area contributed by atoms with Gasteiger partial charge in [-0.25, -0.2) is 14.4 Å². The normalized spacial score (nSPS) is 15.1. The van der Waals surface area contributed by atoms with E-state index in [-0.39, 0.29) is 35.0 Å². The Bertz CT molecular complexity index is 1270. The molecule has 1 atom stereocenters. The fraction of sp³-hybridized carbons (Fsp3) is 0.167. The van der Waals surface area contributed by atoms with E-state index in [4.69, 9.17) is 13.9 Å². The van der Waals surface area contributed by atoms with Gasteiger partial charge in [0.25, 0.3) is 5.91 Å². The number of urea groups is 1. The number of nitrogens with one attached hydrogen (secondary N) is 3. The molecule has 1 aliphatic rings. The minimum atomic E-state index is -0.927. The van der Waals surface area contributed by atoms with Crippen LogP contribution in [0.1, 0.15) is 38.8 Å². The Balaban J connectivity index is 1.57. The molecule has 0 saturated carbocycles. The number of furan rings is 1. The Morgan fingerprint density at radius 2 is 1.89 bits per heavy atom. The molecule has 0 saturated heterocycles. The van der Waals surface area contributed by atoms with Gasteiger partial charge in [-0.2, -0.15) is 0 Å². The van der Waals surface area contributed by atoms with Gasteiger partial charge in [0.05, 0.1) is 40.3 Å². The Hall–Kier alpha value is -4.38. The summed E-state index contributed by atoms with van der Waals surface area (Å²) in [5, 5.41) is 9.60. The lowest BCUT2D eigenvalue weighted by atomic mass is 10.0. The summed E-state index contributed by atoms with van der Waals surface area (Å²) >= 11 is 1.27. The number of ether oxygens (including phenoxy) is 2. The van der Waals surface area contributed by atoms with E-state index in [1.165, 1.54) is 23.7 Å². The number of anilines is 1. The van der Waals surface area contributed by atoms with E-state index in [2.05, 4.69) is 16.0 Å². The van der Waals surface area contributed by atoms with Gasteiger partial charge in [-0.05, 0) is 42.6 Å². The molecule has 3 amide bonds. The molecule has 0 aliphatic carbocycles. The van der Waals surface area contributed by atoms with Crippen molar-refractivity contribution in [3.63, 3.8) is 0 Å². The number of hydrogen-bond acceptors (Lipinski definition) is 8. The van der Waals surface area contributed by atoms with Gasteiger partial charge in [0.15, 0.2) is 0 Å². The van der Waals surface area contributed by atoms with Gasteiger partial charge in [0, 0.05) is 0 Å². The zero-order valence-electron chi connectivity index (χ0n) is 18.5. The number of carbonyl (C=O) groups is 4. The topological polar surface area (TPSA) is 136 Å². The maximum absolute atomic E-state index is 12.9. The second-order valence-corrected chi connectivity index (χ2v) is 8.16. The number of thiophene rings is 1. The molecule has 1 aliphatic heterocycles. The van der Waals surface area contributed by atoms with Crippen LogP contribution in [0.5, 0.6) is 0 Å². The molecule has 0 radical (unpaired) electrons. The van der Waals surface area contributed by atoms with Crippen LogP contribution < -0.4 is 16.0 Å². The lowest BCUT2D eigenvalue weighted by molar-refractivity contribution is -0.139. The van der Waals surface area contributed by atoms with Crippen molar-refractivity contribution < 1.29 is 33.1 Å². The maximum atomic E-state index is 12.9. The van der Waals surface area contributed by atoms with Gasteiger partial charge < -0.3 is 29.8 Å². The molecule has 4 rings (SSSR count). The first kappa shape index (κ1) is 23.8. The number of esters is 2. The SMILES string of the molecule is CCOC(=O)C1=C(COC(=O)c2ccccc2NC(=O)c2cccs2)NC(=O)NC1c1ccco1. The Kier molecular flexibility index (Phi) is 7.27. The van der Waals surface area contributed by atoms with E-state index >= 15 is 0 Å². The maximum Gasteiger partial charge on any atom is 0.340 e. The van der Waals surface area contributed by atoms with Gasteiger partial charge in [-0.1, -0.05) is 18.2 Å². The first-order chi connectivity index (χ1) is 17.0. The average Bonchev–Trinajstić information content (AvgIpc) is 3.57. The second-order valence-electron chi connectivity index (χ2n) is 7.21. The van der Waals surface area contributed by atoms with Crippen LogP contribution in [0, 0.1) is 0 Å². The van der Waals surface area contributed by atoms with Crippen molar-refractivity contribution in [2.75, 3.05) is 18.5 Å². The summed E-state index contributed by atoms with van der Waals surface area (Å²) in [6.07, 6.45) is 1.41. The number of carbonyl (C=O) groups excluding carboxylic acids is 4. The number of benzene rings is 1. The molecule has 1 aromatic carbocycles. The molecular weight excluding hydrogens is 474 g/mol. The number of para-hydroxylation sites is 1. The molecule has 35 heavy (non-hydrogen) atoms. The van der Waals surface area contributed by atoms with E-state index in [1.54, 1.807) is 54.8 Å². The highest BCUT2D eigenvalue weighted by Crippen LogP contribution is 2.28. The third-order valence-electron chi connectivity index (χ3n) is 4.96. The van der Waals surface area contributed by atoms with Gasteiger partial charge in [0.2, 0.25) is 0 Å². The first-order valence-electron chi connectivity index (χ1n) is 10.6. The van der Waals surface area contributed by atoms with E-state index in [1.807, 2.05) is 0 Å². The van der Waals surface area contributed by atoms with Crippen molar-refractivity contribution in [2.24, 2.45) is 0 Å². The van der Waals surface area contributed by atoms with E-state index in [0.29, 0.717) is 10.6 Å². The number of amides is 3. The van der Waals surface area contributed by atoms with Crippen molar-refractivity contribution >= 4 is 40.9 Å². The zero-order valence-corrected chi connectivity index (χ0v) is 19.3. The third kappa shape index (κ3) is 5.41. The minimum absolute atomic E-state index is 0.0495. The van der Waals surface area contributed by atoms with Gasteiger partial charge in [0.1, 0.15) is 18.4 Å². The van der Waals surface area contributed by atoms with Crippen LogP contribution >= 0.6 is 11.3 Å². The molecule has 3 aromatic rings. The van der Waals surface area contributed by atoms with E-state index in [9.17, 15) is 19.2 Å². The number of hydrogen-bond donors (Lipinski definition) is 3. The highest BCUT2D eigenvalue weighted by atomic mass is 32.1. The highest BCUT2D eigenvalue weighted by Gasteiger charge is 2.35. The van der Waals surface area contributed by atoms with Crippen molar-refractivity contribution in [2.45, 2.75) is 13.0 Å². The molecule has 0 fully saturated rings. The monoisotopic (exact) mass is 495 g/mol. The van der Waals surface area contributed by atoms with Crippen LogP contribution in [0.3, 0.4) is 0 Å². The molecule has 180 valence electrons. The summed E-state index contributed by atoms with van der Waals surface area (Å²) in [6, 6.07) is 11.5. The molecule has 10 nitrogen and oxygen atoms in total. The molecule has 0 bridgehead atoms. The lowest BCUT2D eigenvalue weighted by Crippen LogP contribution is -2.47. The first-order valence-corrected chi connectivity index (χ1v) is 11.5. The predicted octanol–water partition coefficient (Wildman–Crippen LogP) is 3.62. The van der Waals surface area contributed by atoms with Crippen LogP contribution in [-0.2, 0) is 14.3 Å². The third-order valence-corrected chi connectivity index (χ3v) is 5.83. The van der Waals surface area contributed by atoms with Gasteiger partial charge in [-0.3, -0.25) is 4.79 Å². The summed E-state index contributed by atoms with van der Waals surface area (Å²) in [7, 11) is 0. The van der Waals surface area contributed by atoms with E-state index in [0.717, 1.165) is 0 Å². The molecule has 3 heterocycles. The van der Waals surface area contributed by atoms with Crippen LogP contribution in [0.2, 0.25) is 0 Å².